The quantitative estimate of drug-likeness (QED) is 0.846. The van der Waals surface area contributed by atoms with E-state index >= 15 is 0 Å². The molecule has 1 aliphatic carbocycles. The van der Waals surface area contributed by atoms with Gasteiger partial charge in [-0.3, -0.25) is 4.79 Å². The van der Waals surface area contributed by atoms with Crippen LogP contribution in [0.4, 0.5) is 0 Å². The van der Waals surface area contributed by atoms with Crippen molar-refractivity contribution in [1.82, 2.24) is 5.32 Å². The van der Waals surface area contributed by atoms with Gasteiger partial charge in [-0.25, -0.2) is 0 Å². The summed E-state index contributed by atoms with van der Waals surface area (Å²) in [5, 5.41) is 2.84. The number of ether oxygens (including phenoxy) is 1. The molecule has 0 aliphatic heterocycles. The van der Waals surface area contributed by atoms with Gasteiger partial charge in [0.15, 0.2) is 0 Å². The average molecular weight is 288 g/mol. The molecule has 0 radical (unpaired) electrons. The van der Waals surface area contributed by atoms with Gasteiger partial charge in [0.1, 0.15) is 10.1 Å². The number of carbonyl (C=O) groups is 1. The van der Waals surface area contributed by atoms with Crippen molar-refractivity contribution in [2.24, 2.45) is 5.92 Å². The van der Waals surface area contributed by atoms with Gasteiger partial charge in [0.05, 0.1) is 13.0 Å². The molecule has 1 N–H and O–H groups in total. The van der Waals surface area contributed by atoms with E-state index in [0.717, 1.165) is 17.7 Å². The Morgan fingerprint density at radius 2 is 2.28 bits per heavy atom. The van der Waals surface area contributed by atoms with Crippen LogP contribution in [-0.2, 0) is 11.2 Å². The molecule has 1 aromatic carbocycles. The Bertz CT molecular complexity index is 448. The van der Waals surface area contributed by atoms with Crippen molar-refractivity contribution in [3.8, 4) is 5.75 Å². The summed E-state index contributed by atoms with van der Waals surface area (Å²) in [6.45, 7) is 0.576. The van der Waals surface area contributed by atoms with Crippen LogP contribution in [0.3, 0.4) is 0 Å². The number of hydrogen-bond acceptors (Lipinski definition) is 2. The third kappa shape index (κ3) is 3.30. The second-order valence-corrected chi connectivity index (χ2v) is 5.95. The summed E-state index contributed by atoms with van der Waals surface area (Å²) >= 11 is 11.7. The van der Waals surface area contributed by atoms with Crippen molar-refractivity contribution in [3.63, 3.8) is 0 Å². The first-order chi connectivity index (χ1) is 8.53. The number of nitrogens with one attached hydrogen (secondary N) is 1. The van der Waals surface area contributed by atoms with Gasteiger partial charge >= 0.3 is 0 Å². The highest BCUT2D eigenvalue weighted by molar-refractivity contribution is 6.52. The van der Waals surface area contributed by atoms with Crippen LogP contribution in [0.5, 0.6) is 5.75 Å². The number of halogens is 2. The first-order valence-corrected chi connectivity index (χ1v) is 6.57. The third-order valence-corrected chi connectivity index (χ3v) is 3.82. The lowest BCUT2D eigenvalue weighted by Crippen LogP contribution is -2.28. The number of benzene rings is 1. The smallest absolute Gasteiger partial charge is 0.226 e. The summed E-state index contributed by atoms with van der Waals surface area (Å²) < 4.78 is 4.29. The Balaban J connectivity index is 1.76. The molecule has 3 nitrogen and oxygen atoms in total. The molecule has 1 aromatic rings. The summed E-state index contributed by atoms with van der Waals surface area (Å²) in [5.41, 5.74) is 1.12. The zero-order chi connectivity index (χ0) is 13.2. The van der Waals surface area contributed by atoms with Gasteiger partial charge < -0.3 is 10.1 Å². The van der Waals surface area contributed by atoms with Gasteiger partial charge in [-0.05, 0) is 30.5 Å². The van der Waals surface area contributed by atoms with E-state index in [1.807, 2.05) is 24.3 Å². The van der Waals surface area contributed by atoms with Gasteiger partial charge in [0, 0.05) is 6.54 Å². The predicted molar refractivity (Wildman–Crippen MR) is 72.3 cm³/mol. The molecule has 1 aliphatic rings. The van der Waals surface area contributed by atoms with Gasteiger partial charge in [0.2, 0.25) is 5.91 Å². The van der Waals surface area contributed by atoms with Crippen molar-refractivity contribution < 1.29 is 9.53 Å². The second-order valence-electron chi connectivity index (χ2n) is 4.41. The lowest BCUT2D eigenvalue weighted by molar-refractivity contribution is -0.122. The molecule has 5 heteroatoms. The second kappa shape index (κ2) is 5.37. The van der Waals surface area contributed by atoms with Crippen molar-refractivity contribution in [2.75, 3.05) is 13.7 Å². The highest BCUT2D eigenvalue weighted by atomic mass is 35.5. The monoisotopic (exact) mass is 287 g/mol. The van der Waals surface area contributed by atoms with Crippen molar-refractivity contribution in [2.45, 2.75) is 17.2 Å². The van der Waals surface area contributed by atoms with Gasteiger partial charge in [0.25, 0.3) is 0 Å². The fraction of sp³-hybridized carbons (Fsp3) is 0.462. The lowest BCUT2D eigenvalue weighted by Gasteiger charge is -2.06. The third-order valence-electron chi connectivity index (χ3n) is 2.99. The highest BCUT2D eigenvalue weighted by Crippen LogP contribution is 2.53. The summed E-state index contributed by atoms with van der Waals surface area (Å²) in [6.07, 6.45) is 1.30. The average Bonchev–Trinajstić information content (AvgIpc) is 2.99. The van der Waals surface area contributed by atoms with Crippen molar-refractivity contribution >= 4 is 29.1 Å². The molecule has 0 saturated heterocycles. The van der Waals surface area contributed by atoms with Crippen LogP contribution in [0.2, 0.25) is 0 Å². The normalized spacial score (nSPS) is 20.3. The van der Waals surface area contributed by atoms with E-state index < -0.39 is 4.33 Å². The molecule has 2 rings (SSSR count). The molecule has 0 aromatic heterocycles. The Morgan fingerprint density at radius 3 is 2.89 bits per heavy atom. The first kappa shape index (κ1) is 13.5. The Labute approximate surface area is 116 Å². The number of methoxy groups -OCH3 is 1. The maximum atomic E-state index is 11.6. The van der Waals surface area contributed by atoms with Crippen molar-refractivity contribution in [1.29, 1.82) is 0 Å². The SMILES string of the molecule is COc1cccc(CCNC(=O)C2CC2(Cl)Cl)c1. The minimum atomic E-state index is -0.847. The molecule has 1 saturated carbocycles. The minimum absolute atomic E-state index is 0.0668. The number of rotatable bonds is 5. The molecule has 0 spiro atoms. The largest absolute Gasteiger partial charge is 0.497 e. The molecular formula is C13H15Cl2NO2. The van der Waals surface area contributed by atoms with E-state index in [9.17, 15) is 4.79 Å². The van der Waals surface area contributed by atoms with E-state index in [0.29, 0.717) is 13.0 Å². The standard InChI is InChI=1S/C13H15Cl2NO2/c1-18-10-4-2-3-9(7-10)5-6-16-12(17)11-8-13(11,14)15/h2-4,7,11H,5-6,8H2,1H3,(H,16,17). The van der Waals surface area contributed by atoms with Crippen LogP contribution >= 0.6 is 23.2 Å². The Morgan fingerprint density at radius 1 is 1.56 bits per heavy atom. The molecule has 0 bridgehead atoms. The van der Waals surface area contributed by atoms with Crippen LogP contribution in [0, 0.1) is 5.92 Å². The predicted octanol–water partition coefficient (Wildman–Crippen LogP) is 2.55. The van der Waals surface area contributed by atoms with E-state index in [2.05, 4.69) is 5.32 Å². The van der Waals surface area contributed by atoms with Gasteiger partial charge in [-0.15, -0.1) is 23.2 Å². The zero-order valence-electron chi connectivity index (χ0n) is 10.1. The lowest BCUT2D eigenvalue weighted by atomic mass is 10.1. The summed E-state index contributed by atoms with van der Waals surface area (Å²) in [5.74, 6) is 0.496. The molecular weight excluding hydrogens is 273 g/mol. The molecule has 1 amide bonds. The first-order valence-electron chi connectivity index (χ1n) is 5.81. The minimum Gasteiger partial charge on any atom is -0.497 e. The molecule has 1 unspecified atom stereocenters. The molecule has 0 heterocycles. The number of carbonyl (C=O) groups excluding carboxylic acids is 1. The van der Waals surface area contributed by atoms with Crippen LogP contribution in [0.25, 0.3) is 0 Å². The van der Waals surface area contributed by atoms with Crippen LogP contribution < -0.4 is 10.1 Å². The Kier molecular flexibility index (Phi) is 4.03. The van der Waals surface area contributed by atoms with E-state index in [1.165, 1.54) is 0 Å². The van der Waals surface area contributed by atoms with Crippen LogP contribution in [-0.4, -0.2) is 23.9 Å². The number of hydrogen-bond donors (Lipinski definition) is 1. The van der Waals surface area contributed by atoms with E-state index in [1.54, 1.807) is 7.11 Å². The molecule has 1 atom stereocenters. The molecule has 1 fully saturated rings. The van der Waals surface area contributed by atoms with Gasteiger partial charge in [-0.1, -0.05) is 12.1 Å². The van der Waals surface area contributed by atoms with E-state index in [-0.39, 0.29) is 11.8 Å². The Hall–Kier alpha value is -0.930. The summed E-state index contributed by atoms with van der Waals surface area (Å²) in [4.78, 5) is 11.6. The topological polar surface area (TPSA) is 38.3 Å². The maximum absolute atomic E-state index is 11.6. The number of alkyl halides is 2. The zero-order valence-corrected chi connectivity index (χ0v) is 11.6. The summed E-state index contributed by atoms with van der Waals surface area (Å²) in [6, 6.07) is 7.77. The number of amides is 1. The highest BCUT2D eigenvalue weighted by Gasteiger charge is 2.56. The fourth-order valence-electron chi connectivity index (χ4n) is 1.78. The van der Waals surface area contributed by atoms with Crippen molar-refractivity contribution in [3.05, 3.63) is 29.8 Å². The van der Waals surface area contributed by atoms with Crippen LogP contribution in [0.1, 0.15) is 12.0 Å². The van der Waals surface area contributed by atoms with E-state index in [4.69, 9.17) is 27.9 Å². The van der Waals surface area contributed by atoms with Gasteiger partial charge in [-0.2, -0.15) is 0 Å². The van der Waals surface area contributed by atoms with Crippen LogP contribution in [0.15, 0.2) is 24.3 Å². The summed E-state index contributed by atoms with van der Waals surface area (Å²) in [7, 11) is 1.63. The molecule has 18 heavy (non-hydrogen) atoms. The maximum Gasteiger partial charge on any atom is 0.226 e. The fourth-order valence-corrected chi connectivity index (χ4v) is 2.29. The molecule has 98 valence electrons.